The predicted molar refractivity (Wildman–Crippen MR) is 158 cm³/mol. The topological polar surface area (TPSA) is 84.9 Å². The molecule has 8 rings (SSSR count). The summed E-state index contributed by atoms with van der Waals surface area (Å²) in [6.45, 7) is 2.09. The molecule has 42 heavy (non-hydrogen) atoms. The van der Waals surface area contributed by atoms with Gasteiger partial charge < -0.3 is 19.7 Å². The monoisotopic (exact) mass is 554 g/mol. The molecule has 4 aliphatic rings. The lowest BCUT2D eigenvalue weighted by Gasteiger charge is -2.39. The Morgan fingerprint density at radius 3 is 2.43 bits per heavy atom. The minimum atomic E-state index is -1.37. The predicted octanol–water partition coefficient (Wildman–Crippen LogP) is 5.66. The van der Waals surface area contributed by atoms with Crippen molar-refractivity contribution in [2.45, 2.75) is 24.4 Å². The summed E-state index contributed by atoms with van der Waals surface area (Å²) in [5, 5.41) is 3.08. The molecular formula is C35H26N2O5. The number of allylic oxidation sites excluding steroid dienone is 1. The van der Waals surface area contributed by atoms with Crippen LogP contribution in [0.2, 0.25) is 0 Å². The van der Waals surface area contributed by atoms with E-state index in [1.54, 1.807) is 30.3 Å². The number of hydrogen-bond donors (Lipinski definition) is 1. The lowest BCUT2D eigenvalue weighted by atomic mass is 9.64. The average molecular weight is 555 g/mol. The lowest BCUT2D eigenvalue weighted by molar-refractivity contribution is -0.121. The van der Waals surface area contributed by atoms with E-state index in [2.05, 4.69) is 11.4 Å². The minimum Gasteiger partial charge on any atom is -0.454 e. The van der Waals surface area contributed by atoms with Crippen LogP contribution in [0.25, 0.3) is 5.57 Å². The quantitative estimate of drug-likeness (QED) is 0.328. The van der Waals surface area contributed by atoms with E-state index in [1.807, 2.05) is 78.6 Å². The summed E-state index contributed by atoms with van der Waals surface area (Å²) in [6.07, 6.45) is 2.06. The maximum Gasteiger partial charge on any atom is 0.238 e. The molecule has 206 valence electrons. The molecule has 0 radical (unpaired) electrons. The molecule has 1 N–H and O–H groups in total. The molecule has 0 saturated carbocycles. The molecule has 0 bridgehead atoms. The highest BCUT2D eigenvalue weighted by Crippen LogP contribution is 2.59. The van der Waals surface area contributed by atoms with Gasteiger partial charge in [-0.15, -0.1) is 0 Å². The molecule has 4 aliphatic heterocycles. The summed E-state index contributed by atoms with van der Waals surface area (Å²) in [6, 6.07) is 27.9. The van der Waals surface area contributed by atoms with Gasteiger partial charge in [-0.05, 0) is 48.4 Å². The number of ether oxygens (including phenoxy) is 2. The van der Waals surface area contributed by atoms with Crippen LogP contribution in [0, 0.1) is 5.92 Å². The highest BCUT2D eigenvalue weighted by atomic mass is 16.7. The first-order valence-electron chi connectivity index (χ1n) is 14.0. The SMILES string of the molecule is CC1=C[C@@H]2N(c3ccccc31)[C@H](C(=O)c1ccccc1)[C@H](C(=O)c1ccc3c(c1)OCO3)[C@]21C(=O)Nc2ccccc21. The van der Waals surface area contributed by atoms with Gasteiger partial charge in [0.2, 0.25) is 12.7 Å². The third-order valence-corrected chi connectivity index (χ3v) is 9.15. The van der Waals surface area contributed by atoms with E-state index >= 15 is 0 Å². The number of carbonyl (C=O) groups is 3. The van der Waals surface area contributed by atoms with E-state index in [0.717, 1.165) is 22.4 Å². The van der Waals surface area contributed by atoms with E-state index in [9.17, 15) is 14.4 Å². The Kier molecular flexibility index (Phi) is 5.22. The Labute approximate surface area is 242 Å². The number of benzene rings is 4. The molecule has 4 aromatic carbocycles. The van der Waals surface area contributed by atoms with E-state index in [0.29, 0.717) is 28.3 Å². The number of fused-ring (bicyclic) bond motifs is 7. The molecular weight excluding hydrogens is 528 g/mol. The van der Waals surface area contributed by atoms with Gasteiger partial charge >= 0.3 is 0 Å². The summed E-state index contributed by atoms with van der Waals surface area (Å²) in [7, 11) is 0. The first-order valence-corrected chi connectivity index (χ1v) is 14.0. The Hall–Kier alpha value is -5.17. The van der Waals surface area contributed by atoms with Gasteiger partial charge in [0.15, 0.2) is 23.1 Å². The maximum absolute atomic E-state index is 15.0. The molecule has 1 amide bonds. The standard InChI is InChI=1S/C35H26N2O5/c1-20-17-29-35(24-12-6-7-13-25(24)36-34(35)40)30(32(38)22-15-16-27-28(18-22)42-19-41-27)31(33(39)21-9-3-2-4-10-21)37(29)26-14-8-5-11-23(20)26/h2-18,29-31H,19H2,1H3,(H,36,40)/t29-,30+,31-,35+/m0/s1. The van der Waals surface area contributed by atoms with Crippen LogP contribution in [0.5, 0.6) is 11.5 Å². The van der Waals surface area contributed by atoms with Gasteiger partial charge in [0, 0.05) is 28.1 Å². The van der Waals surface area contributed by atoms with Crippen molar-refractivity contribution in [3.63, 3.8) is 0 Å². The van der Waals surface area contributed by atoms with Gasteiger partial charge in [0.1, 0.15) is 11.5 Å². The van der Waals surface area contributed by atoms with E-state index in [-0.39, 0.29) is 24.3 Å². The molecule has 4 aromatic rings. The highest BCUT2D eigenvalue weighted by molar-refractivity contribution is 6.18. The normalized spacial score (nSPS) is 24.5. The average Bonchev–Trinajstić information content (AvgIpc) is 3.70. The van der Waals surface area contributed by atoms with E-state index in [4.69, 9.17) is 9.47 Å². The number of para-hydroxylation sites is 2. The van der Waals surface area contributed by atoms with Gasteiger partial charge in [-0.1, -0.05) is 72.8 Å². The maximum atomic E-state index is 15.0. The second-order valence-corrected chi connectivity index (χ2v) is 11.2. The second kappa shape index (κ2) is 8.91. The number of hydrogen-bond acceptors (Lipinski definition) is 6. The summed E-state index contributed by atoms with van der Waals surface area (Å²) in [5.74, 6) is -0.824. The molecule has 4 atom stereocenters. The Balaban J connectivity index is 1.43. The fourth-order valence-electron chi connectivity index (χ4n) is 7.39. The van der Waals surface area contributed by atoms with Crippen LogP contribution >= 0.6 is 0 Å². The van der Waals surface area contributed by atoms with Gasteiger partial charge in [0.05, 0.1) is 12.0 Å². The van der Waals surface area contributed by atoms with Crippen molar-refractivity contribution in [2.24, 2.45) is 5.92 Å². The summed E-state index contributed by atoms with van der Waals surface area (Å²) < 4.78 is 11.1. The molecule has 1 fully saturated rings. The zero-order valence-corrected chi connectivity index (χ0v) is 22.7. The fourth-order valence-corrected chi connectivity index (χ4v) is 7.39. The van der Waals surface area contributed by atoms with E-state index in [1.165, 1.54) is 0 Å². The number of carbonyl (C=O) groups excluding carboxylic acids is 3. The minimum absolute atomic E-state index is 0.0714. The van der Waals surface area contributed by atoms with Crippen LogP contribution in [0.4, 0.5) is 11.4 Å². The van der Waals surface area contributed by atoms with Gasteiger partial charge in [-0.2, -0.15) is 0 Å². The molecule has 7 heteroatoms. The lowest BCUT2D eigenvalue weighted by Crippen LogP contribution is -2.51. The van der Waals surface area contributed by atoms with Gasteiger partial charge in [-0.25, -0.2) is 0 Å². The summed E-state index contributed by atoms with van der Waals surface area (Å²) in [5.41, 5.74) is 3.64. The van der Waals surface area contributed by atoms with Crippen molar-refractivity contribution in [1.82, 2.24) is 0 Å². The Morgan fingerprint density at radius 1 is 0.833 bits per heavy atom. The van der Waals surface area contributed by atoms with Gasteiger partial charge in [-0.3, -0.25) is 14.4 Å². The third-order valence-electron chi connectivity index (χ3n) is 9.15. The molecule has 4 heterocycles. The number of Topliss-reactive ketones (excluding diaryl/α,β-unsaturated/α-hetero) is 2. The molecule has 0 unspecified atom stereocenters. The molecule has 0 aromatic heterocycles. The zero-order valence-electron chi connectivity index (χ0n) is 22.7. The van der Waals surface area contributed by atoms with Crippen LogP contribution in [-0.4, -0.2) is 36.4 Å². The number of anilines is 2. The fraction of sp³-hybridized carbons (Fsp3) is 0.171. The molecule has 7 nitrogen and oxygen atoms in total. The van der Waals surface area contributed by atoms with E-state index < -0.39 is 23.4 Å². The van der Waals surface area contributed by atoms with Crippen molar-refractivity contribution in [3.05, 3.63) is 125 Å². The van der Waals surface area contributed by atoms with Gasteiger partial charge in [0.25, 0.3) is 0 Å². The first kappa shape index (κ1) is 24.6. The highest BCUT2D eigenvalue weighted by Gasteiger charge is 2.70. The van der Waals surface area contributed by atoms with Crippen LogP contribution < -0.4 is 19.7 Å². The van der Waals surface area contributed by atoms with Crippen LogP contribution in [0.3, 0.4) is 0 Å². The van der Waals surface area contributed by atoms with Crippen LogP contribution in [0.1, 0.15) is 38.8 Å². The third kappa shape index (κ3) is 3.19. The first-order chi connectivity index (χ1) is 20.5. The van der Waals surface area contributed by atoms with Crippen molar-refractivity contribution in [1.29, 1.82) is 0 Å². The number of nitrogens with one attached hydrogen (secondary N) is 1. The zero-order chi connectivity index (χ0) is 28.6. The van der Waals surface area contributed by atoms with Crippen LogP contribution in [-0.2, 0) is 10.2 Å². The summed E-state index contributed by atoms with van der Waals surface area (Å²) >= 11 is 0. The van der Waals surface area contributed by atoms with Crippen LogP contribution in [0.15, 0.2) is 103 Å². The number of nitrogens with zero attached hydrogens (tertiary/aromatic N) is 1. The summed E-state index contributed by atoms with van der Waals surface area (Å²) in [4.78, 5) is 46.2. The smallest absolute Gasteiger partial charge is 0.238 e. The van der Waals surface area contributed by atoms with Crippen molar-refractivity contribution >= 4 is 34.4 Å². The van der Waals surface area contributed by atoms with Crippen molar-refractivity contribution < 1.29 is 23.9 Å². The Bertz CT molecular complexity index is 1850. The second-order valence-electron chi connectivity index (χ2n) is 11.2. The molecule has 0 aliphatic carbocycles. The Morgan fingerprint density at radius 2 is 1.57 bits per heavy atom. The number of ketones is 2. The van der Waals surface area contributed by atoms with Crippen molar-refractivity contribution in [2.75, 3.05) is 17.0 Å². The number of amides is 1. The van der Waals surface area contributed by atoms with Crippen molar-refractivity contribution in [3.8, 4) is 11.5 Å². The molecule has 1 spiro atoms. The number of rotatable bonds is 4. The largest absolute Gasteiger partial charge is 0.454 e. The molecule has 1 saturated heterocycles.